The van der Waals surface area contributed by atoms with E-state index in [2.05, 4.69) is 4.72 Å². The number of hydrogen-bond acceptors (Lipinski definition) is 5. The summed E-state index contributed by atoms with van der Waals surface area (Å²) >= 11 is 5.77. The number of rotatable bonds is 9. The van der Waals surface area contributed by atoms with E-state index in [-0.39, 0.29) is 4.90 Å². The van der Waals surface area contributed by atoms with E-state index in [4.69, 9.17) is 16.3 Å². The second-order valence-electron chi connectivity index (χ2n) is 5.62. The van der Waals surface area contributed by atoms with Crippen molar-refractivity contribution in [1.29, 1.82) is 0 Å². The molecule has 0 saturated carbocycles. The quantitative estimate of drug-likeness (QED) is 0.701. The van der Waals surface area contributed by atoms with Crippen molar-refractivity contribution in [3.63, 3.8) is 0 Å². The first kappa shape index (κ1) is 20.2. The van der Waals surface area contributed by atoms with Gasteiger partial charge in [-0.05, 0) is 48.4 Å². The lowest BCUT2D eigenvalue weighted by Crippen LogP contribution is -2.34. The number of carbonyl (C=O) groups excluding carboxylic acids is 1. The molecule has 0 aliphatic rings. The summed E-state index contributed by atoms with van der Waals surface area (Å²) in [6.45, 7) is 2.54. The Kier molecular flexibility index (Phi) is 7.02. The van der Waals surface area contributed by atoms with Crippen LogP contribution in [0.1, 0.15) is 31.4 Å². The smallest absolute Gasteiger partial charge is 0.241 e. The van der Waals surface area contributed by atoms with Crippen molar-refractivity contribution in [2.45, 2.75) is 30.7 Å². The van der Waals surface area contributed by atoms with E-state index in [0.717, 1.165) is 6.42 Å². The third kappa shape index (κ3) is 5.72. The SMILES string of the molecule is CCCOc1ccc(C(CC(=O)[O-])NS(=O)(=O)c2ccc(Cl)cc2)cc1. The third-order valence-corrected chi connectivity index (χ3v) is 5.29. The Bertz CT molecular complexity index is 835. The zero-order valence-corrected chi connectivity index (χ0v) is 15.7. The van der Waals surface area contributed by atoms with Crippen LogP contribution in [0.15, 0.2) is 53.4 Å². The third-order valence-electron chi connectivity index (χ3n) is 3.55. The standard InChI is InChI=1S/C18H20ClNO5S/c1-2-11-25-15-7-3-13(4-8-15)17(12-18(21)22)20-26(23,24)16-9-5-14(19)6-10-16/h3-10,17,20H,2,11-12H2,1H3,(H,21,22)/p-1. The van der Waals surface area contributed by atoms with Crippen LogP contribution in [0.3, 0.4) is 0 Å². The Labute approximate surface area is 157 Å². The molecular formula is C18H19ClNO5S-. The van der Waals surface area contributed by atoms with Crippen molar-refractivity contribution in [1.82, 2.24) is 4.72 Å². The summed E-state index contributed by atoms with van der Waals surface area (Å²) in [6.07, 6.45) is 0.359. The van der Waals surface area contributed by atoms with Crippen molar-refractivity contribution in [3.05, 3.63) is 59.1 Å². The summed E-state index contributed by atoms with van der Waals surface area (Å²) in [5.41, 5.74) is 0.496. The lowest BCUT2D eigenvalue weighted by molar-refractivity contribution is -0.306. The molecular weight excluding hydrogens is 378 g/mol. The van der Waals surface area contributed by atoms with Gasteiger partial charge in [0.1, 0.15) is 5.75 Å². The minimum Gasteiger partial charge on any atom is -0.550 e. The van der Waals surface area contributed by atoms with Crippen molar-refractivity contribution in [2.75, 3.05) is 6.61 Å². The lowest BCUT2D eigenvalue weighted by Gasteiger charge is -2.20. The maximum atomic E-state index is 12.5. The fourth-order valence-corrected chi connectivity index (χ4v) is 3.63. The number of hydrogen-bond donors (Lipinski definition) is 1. The van der Waals surface area contributed by atoms with Gasteiger partial charge in [-0.15, -0.1) is 0 Å². The second-order valence-corrected chi connectivity index (χ2v) is 7.77. The highest BCUT2D eigenvalue weighted by Crippen LogP contribution is 2.23. The van der Waals surface area contributed by atoms with Crippen molar-refractivity contribution in [2.24, 2.45) is 0 Å². The second kappa shape index (κ2) is 9.02. The van der Waals surface area contributed by atoms with E-state index in [1.807, 2.05) is 6.92 Å². The molecule has 1 N–H and O–H groups in total. The molecule has 0 amide bonds. The maximum Gasteiger partial charge on any atom is 0.241 e. The first-order chi connectivity index (χ1) is 12.3. The Morgan fingerprint density at radius 3 is 2.31 bits per heavy atom. The molecule has 0 radical (unpaired) electrons. The number of halogens is 1. The Morgan fingerprint density at radius 2 is 1.77 bits per heavy atom. The van der Waals surface area contributed by atoms with Gasteiger partial charge in [-0.1, -0.05) is 30.7 Å². The predicted octanol–water partition coefficient (Wildman–Crippen LogP) is 2.29. The van der Waals surface area contributed by atoms with Crippen LogP contribution in [0.4, 0.5) is 0 Å². The highest BCUT2D eigenvalue weighted by atomic mass is 35.5. The number of sulfonamides is 1. The van der Waals surface area contributed by atoms with Crippen LogP contribution >= 0.6 is 11.6 Å². The molecule has 1 unspecified atom stereocenters. The van der Waals surface area contributed by atoms with Gasteiger partial charge in [0.25, 0.3) is 0 Å². The molecule has 0 bridgehead atoms. The topological polar surface area (TPSA) is 95.5 Å². The van der Waals surface area contributed by atoms with Crippen molar-refractivity contribution >= 4 is 27.6 Å². The summed E-state index contributed by atoms with van der Waals surface area (Å²) in [6, 6.07) is 11.2. The molecule has 26 heavy (non-hydrogen) atoms. The van der Waals surface area contributed by atoms with E-state index < -0.39 is 28.5 Å². The van der Waals surface area contributed by atoms with Gasteiger partial charge in [-0.2, -0.15) is 0 Å². The van der Waals surface area contributed by atoms with E-state index >= 15 is 0 Å². The first-order valence-electron chi connectivity index (χ1n) is 8.02. The first-order valence-corrected chi connectivity index (χ1v) is 9.88. The Balaban J connectivity index is 2.24. The molecule has 0 fully saturated rings. The molecule has 0 aliphatic heterocycles. The fourth-order valence-electron chi connectivity index (χ4n) is 2.28. The van der Waals surface area contributed by atoms with Crippen LogP contribution in [-0.4, -0.2) is 21.0 Å². The summed E-state index contributed by atoms with van der Waals surface area (Å²) in [5, 5.41) is 11.5. The number of aliphatic carboxylic acids is 1. The normalized spacial score (nSPS) is 12.5. The van der Waals surface area contributed by atoms with Crippen molar-refractivity contribution < 1.29 is 23.1 Å². The van der Waals surface area contributed by atoms with E-state index in [9.17, 15) is 18.3 Å². The van der Waals surface area contributed by atoms with Crippen LogP contribution in [0, 0.1) is 0 Å². The van der Waals surface area contributed by atoms with E-state index in [1.165, 1.54) is 24.3 Å². The molecule has 6 nitrogen and oxygen atoms in total. The number of carboxylic acids is 1. The van der Waals surface area contributed by atoms with Crippen LogP contribution < -0.4 is 14.6 Å². The monoisotopic (exact) mass is 396 g/mol. The molecule has 0 aromatic heterocycles. The number of ether oxygens (including phenoxy) is 1. The van der Waals surface area contributed by atoms with Gasteiger partial charge < -0.3 is 14.6 Å². The van der Waals surface area contributed by atoms with Gasteiger partial charge in [-0.3, -0.25) is 0 Å². The number of carbonyl (C=O) groups is 1. The Morgan fingerprint density at radius 1 is 1.15 bits per heavy atom. The molecule has 2 rings (SSSR count). The van der Waals surface area contributed by atoms with E-state index in [0.29, 0.717) is 22.9 Å². The zero-order chi connectivity index (χ0) is 19.2. The van der Waals surface area contributed by atoms with Gasteiger partial charge in [0, 0.05) is 17.4 Å². The molecule has 0 saturated heterocycles. The summed E-state index contributed by atoms with van der Waals surface area (Å²) < 4.78 is 32.9. The average Bonchev–Trinajstić information content (AvgIpc) is 2.59. The number of benzene rings is 2. The highest BCUT2D eigenvalue weighted by Gasteiger charge is 2.22. The van der Waals surface area contributed by atoms with Gasteiger partial charge in [0.15, 0.2) is 0 Å². The van der Waals surface area contributed by atoms with Gasteiger partial charge in [0.05, 0.1) is 17.5 Å². The minimum absolute atomic E-state index is 0.00635. The molecule has 1 atom stereocenters. The minimum atomic E-state index is -3.93. The van der Waals surface area contributed by atoms with Gasteiger partial charge >= 0.3 is 0 Å². The molecule has 8 heteroatoms. The Hall–Kier alpha value is -2.09. The van der Waals surface area contributed by atoms with Crippen molar-refractivity contribution in [3.8, 4) is 5.75 Å². The van der Waals surface area contributed by atoms with Crippen LogP contribution in [-0.2, 0) is 14.8 Å². The fraction of sp³-hybridized carbons (Fsp3) is 0.278. The highest BCUT2D eigenvalue weighted by molar-refractivity contribution is 7.89. The molecule has 0 heterocycles. The predicted molar refractivity (Wildman–Crippen MR) is 96.4 cm³/mol. The average molecular weight is 397 g/mol. The summed E-state index contributed by atoms with van der Waals surface area (Å²) in [4.78, 5) is 11.1. The summed E-state index contributed by atoms with van der Waals surface area (Å²) in [5.74, 6) is -0.733. The van der Waals surface area contributed by atoms with Crippen LogP contribution in [0.25, 0.3) is 0 Å². The van der Waals surface area contributed by atoms with Crippen LogP contribution in [0.2, 0.25) is 5.02 Å². The number of carboxylic acid groups (broad SMARTS) is 1. The van der Waals surface area contributed by atoms with Gasteiger partial charge in [0.2, 0.25) is 10.0 Å². The zero-order valence-electron chi connectivity index (χ0n) is 14.1. The molecule has 2 aromatic rings. The molecule has 140 valence electrons. The maximum absolute atomic E-state index is 12.5. The molecule has 2 aromatic carbocycles. The molecule has 0 aliphatic carbocycles. The van der Waals surface area contributed by atoms with Crippen LogP contribution in [0.5, 0.6) is 5.75 Å². The largest absolute Gasteiger partial charge is 0.550 e. The number of nitrogens with one attached hydrogen (secondary N) is 1. The molecule has 0 spiro atoms. The van der Waals surface area contributed by atoms with Gasteiger partial charge in [-0.25, -0.2) is 13.1 Å². The van der Waals surface area contributed by atoms with E-state index in [1.54, 1.807) is 24.3 Å². The summed E-state index contributed by atoms with van der Waals surface area (Å²) in [7, 11) is -3.93. The lowest BCUT2D eigenvalue weighted by atomic mass is 10.0.